The van der Waals surface area contributed by atoms with E-state index in [0.29, 0.717) is 43.0 Å². The second-order valence-electron chi connectivity index (χ2n) is 12.2. The van der Waals surface area contributed by atoms with E-state index in [2.05, 4.69) is 22.3 Å². The number of nitrogens with two attached hydrogens (primary N) is 1. The van der Waals surface area contributed by atoms with Crippen LogP contribution in [0.1, 0.15) is 72.9 Å². The Kier molecular flexibility index (Phi) is 9.43. The SMILES string of the molecule is COc1ccc(CN(C2CC2)C2CCN(C(=O)c3ccc(C)cc3)[C@@H](C(=O)NCC3CCCC(CN)C3)C2)cc1. The first-order chi connectivity index (χ1) is 19.4. The Morgan fingerprint density at radius 3 is 2.35 bits per heavy atom. The highest BCUT2D eigenvalue weighted by molar-refractivity contribution is 5.97. The number of rotatable bonds is 10. The predicted molar refractivity (Wildman–Crippen MR) is 158 cm³/mol. The van der Waals surface area contributed by atoms with E-state index in [1.165, 1.54) is 31.2 Å². The minimum atomic E-state index is -0.474. The molecule has 3 N–H and O–H groups in total. The normalized spacial score (nSPS) is 25.1. The number of carbonyl (C=O) groups is 2. The molecule has 1 heterocycles. The zero-order chi connectivity index (χ0) is 28.1. The molecule has 0 radical (unpaired) electrons. The lowest BCUT2D eigenvalue weighted by Crippen LogP contribution is -2.58. The Balaban J connectivity index is 1.31. The van der Waals surface area contributed by atoms with E-state index >= 15 is 0 Å². The van der Waals surface area contributed by atoms with Gasteiger partial charge in [0.15, 0.2) is 0 Å². The smallest absolute Gasteiger partial charge is 0.254 e. The van der Waals surface area contributed by atoms with Crippen molar-refractivity contribution in [3.63, 3.8) is 0 Å². The van der Waals surface area contributed by atoms with Gasteiger partial charge in [-0.25, -0.2) is 0 Å². The number of ether oxygens (including phenoxy) is 1. The number of amides is 2. The van der Waals surface area contributed by atoms with Crippen LogP contribution in [0.25, 0.3) is 0 Å². The fourth-order valence-corrected chi connectivity index (χ4v) is 6.67. The first kappa shape index (κ1) is 28.6. The standard InChI is InChI=1S/C33H46N4O3/c1-23-6-10-27(11-7-23)33(39)36-17-16-29(37(28-12-13-28)22-24-8-14-30(40-2)15-9-24)19-31(36)32(38)35-21-26-5-3-4-25(18-26)20-34/h6-11,14-15,25-26,28-29,31H,3-5,12-13,16-22,34H2,1-2H3,(H,35,38)/t25?,26?,29?,31-/m1/s1. The number of carbonyl (C=O) groups excluding carboxylic acids is 2. The molecule has 216 valence electrons. The Bertz CT molecular complexity index is 1130. The molecule has 2 aromatic carbocycles. The number of benzene rings is 2. The lowest BCUT2D eigenvalue weighted by Gasteiger charge is -2.43. The summed E-state index contributed by atoms with van der Waals surface area (Å²) in [6, 6.07) is 16.3. The van der Waals surface area contributed by atoms with Crippen LogP contribution in [0.3, 0.4) is 0 Å². The average molecular weight is 547 g/mol. The molecule has 0 aromatic heterocycles. The summed E-state index contributed by atoms with van der Waals surface area (Å²) < 4.78 is 5.35. The van der Waals surface area contributed by atoms with Gasteiger partial charge in [0.2, 0.25) is 5.91 Å². The third-order valence-corrected chi connectivity index (χ3v) is 9.24. The van der Waals surface area contributed by atoms with Crippen LogP contribution >= 0.6 is 0 Å². The maximum atomic E-state index is 13.8. The van der Waals surface area contributed by atoms with Crippen molar-refractivity contribution >= 4 is 11.8 Å². The number of methoxy groups -OCH3 is 1. The molecule has 2 aromatic rings. The minimum Gasteiger partial charge on any atom is -0.497 e. The summed E-state index contributed by atoms with van der Waals surface area (Å²) in [5.41, 5.74) is 8.97. The van der Waals surface area contributed by atoms with E-state index in [0.717, 1.165) is 43.7 Å². The molecular formula is C33H46N4O3. The molecule has 3 aliphatic rings. The van der Waals surface area contributed by atoms with Crippen molar-refractivity contribution in [2.75, 3.05) is 26.7 Å². The summed E-state index contributed by atoms with van der Waals surface area (Å²) in [5.74, 6) is 1.81. The van der Waals surface area contributed by atoms with E-state index in [4.69, 9.17) is 10.5 Å². The fourth-order valence-electron chi connectivity index (χ4n) is 6.67. The van der Waals surface area contributed by atoms with E-state index < -0.39 is 6.04 Å². The number of aryl methyl sites for hydroxylation is 1. The summed E-state index contributed by atoms with van der Waals surface area (Å²) >= 11 is 0. The molecule has 40 heavy (non-hydrogen) atoms. The van der Waals surface area contributed by atoms with Crippen LogP contribution in [0, 0.1) is 18.8 Å². The number of nitrogens with zero attached hydrogens (tertiary/aromatic N) is 2. The van der Waals surface area contributed by atoms with Gasteiger partial charge in [0, 0.05) is 37.3 Å². The molecule has 3 unspecified atom stereocenters. The van der Waals surface area contributed by atoms with Crippen molar-refractivity contribution in [3.8, 4) is 5.75 Å². The van der Waals surface area contributed by atoms with Gasteiger partial charge < -0.3 is 20.7 Å². The molecule has 4 atom stereocenters. The predicted octanol–water partition coefficient (Wildman–Crippen LogP) is 4.52. The third kappa shape index (κ3) is 7.05. The fraction of sp³-hybridized carbons (Fsp3) is 0.576. The quantitative estimate of drug-likeness (QED) is 0.458. The molecule has 1 aliphatic heterocycles. The van der Waals surface area contributed by atoms with Gasteiger partial charge >= 0.3 is 0 Å². The molecule has 2 aliphatic carbocycles. The summed E-state index contributed by atoms with van der Waals surface area (Å²) in [4.78, 5) is 31.9. The number of hydrogen-bond donors (Lipinski definition) is 2. The molecule has 7 nitrogen and oxygen atoms in total. The van der Waals surface area contributed by atoms with Gasteiger partial charge in [-0.3, -0.25) is 14.5 Å². The summed E-state index contributed by atoms with van der Waals surface area (Å²) in [7, 11) is 1.69. The minimum absolute atomic E-state index is 0.0137. The molecule has 0 spiro atoms. The van der Waals surface area contributed by atoms with Gasteiger partial charge in [0.05, 0.1) is 7.11 Å². The van der Waals surface area contributed by atoms with Gasteiger partial charge in [0.25, 0.3) is 5.91 Å². The van der Waals surface area contributed by atoms with Crippen LogP contribution in [-0.4, -0.2) is 66.5 Å². The first-order valence-corrected chi connectivity index (χ1v) is 15.2. The van der Waals surface area contributed by atoms with Crippen molar-refractivity contribution in [1.82, 2.24) is 15.1 Å². The van der Waals surface area contributed by atoms with Crippen molar-refractivity contribution in [2.24, 2.45) is 17.6 Å². The van der Waals surface area contributed by atoms with Crippen LogP contribution in [0.15, 0.2) is 48.5 Å². The maximum Gasteiger partial charge on any atom is 0.254 e. The Labute approximate surface area is 239 Å². The zero-order valence-corrected chi connectivity index (χ0v) is 24.2. The number of hydrogen-bond acceptors (Lipinski definition) is 5. The Morgan fingerprint density at radius 2 is 1.68 bits per heavy atom. The van der Waals surface area contributed by atoms with Gasteiger partial charge in [-0.05, 0) is 100 Å². The van der Waals surface area contributed by atoms with Gasteiger partial charge in [-0.1, -0.05) is 36.2 Å². The van der Waals surface area contributed by atoms with E-state index in [1.54, 1.807) is 7.11 Å². The summed E-state index contributed by atoms with van der Waals surface area (Å²) in [5, 5.41) is 3.27. The molecule has 2 amide bonds. The number of likely N-dealkylation sites (tertiary alicyclic amines) is 1. The lowest BCUT2D eigenvalue weighted by molar-refractivity contribution is -0.128. The summed E-state index contributed by atoms with van der Waals surface area (Å²) in [6.07, 6.45) is 8.49. The summed E-state index contributed by atoms with van der Waals surface area (Å²) in [6.45, 7) is 4.84. The van der Waals surface area contributed by atoms with Gasteiger partial charge in [-0.15, -0.1) is 0 Å². The highest BCUT2D eigenvalue weighted by Gasteiger charge is 2.42. The highest BCUT2D eigenvalue weighted by Crippen LogP contribution is 2.35. The highest BCUT2D eigenvalue weighted by atomic mass is 16.5. The molecule has 3 fully saturated rings. The van der Waals surface area contributed by atoms with Gasteiger partial charge in [0.1, 0.15) is 11.8 Å². The molecule has 5 rings (SSSR count). The molecule has 2 saturated carbocycles. The zero-order valence-electron chi connectivity index (χ0n) is 24.2. The van der Waals surface area contributed by atoms with Crippen LogP contribution in [0.4, 0.5) is 0 Å². The number of piperidine rings is 1. The second-order valence-corrected chi connectivity index (χ2v) is 12.2. The Hall–Kier alpha value is -2.90. The largest absolute Gasteiger partial charge is 0.497 e. The molecule has 7 heteroatoms. The van der Waals surface area contributed by atoms with Crippen LogP contribution in [0.5, 0.6) is 5.75 Å². The van der Waals surface area contributed by atoms with E-state index in [1.807, 2.05) is 48.2 Å². The van der Waals surface area contributed by atoms with Crippen molar-refractivity contribution in [2.45, 2.75) is 83.0 Å². The van der Waals surface area contributed by atoms with Crippen LogP contribution in [0.2, 0.25) is 0 Å². The van der Waals surface area contributed by atoms with Crippen molar-refractivity contribution in [3.05, 3.63) is 65.2 Å². The molecule has 0 bridgehead atoms. The number of nitrogens with one attached hydrogen (secondary N) is 1. The first-order valence-electron chi connectivity index (χ1n) is 15.2. The lowest BCUT2D eigenvalue weighted by atomic mass is 9.81. The van der Waals surface area contributed by atoms with E-state index in [9.17, 15) is 9.59 Å². The van der Waals surface area contributed by atoms with Crippen LogP contribution in [-0.2, 0) is 11.3 Å². The van der Waals surface area contributed by atoms with E-state index in [-0.39, 0.29) is 17.9 Å². The topological polar surface area (TPSA) is 87.9 Å². The van der Waals surface area contributed by atoms with Crippen molar-refractivity contribution < 1.29 is 14.3 Å². The van der Waals surface area contributed by atoms with Gasteiger partial charge in [-0.2, -0.15) is 0 Å². The third-order valence-electron chi connectivity index (χ3n) is 9.24. The van der Waals surface area contributed by atoms with Crippen molar-refractivity contribution in [1.29, 1.82) is 0 Å². The average Bonchev–Trinajstić information content (AvgIpc) is 3.84. The molecular weight excluding hydrogens is 500 g/mol. The molecule has 1 saturated heterocycles. The van der Waals surface area contributed by atoms with Crippen LogP contribution < -0.4 is 15.8 Å². The maximum absolute atomic E-state index is 13.8. The second kappa shape index (κ2) is 13.2. The Morgan fingerprint density at radius 1 is 0.950 bits per heavy atom. The monoisotopic (exact) mass is 546 g/mol.